The van der Waals surface area contributed by atoms with Crippen LogP contribution in [0, 0.1) is 20.8 Å². The SMILES string of the molecule is Cc1csc([C@@H](C)N(C)C(=O)c2cc(C)nc3c(C)cccc23)n1. The van der Waals surface area contributed by atoms with E-state index in [0.717, 1.165) is 32.9 Å². The molecule has 4 nitrogen and oxygen atoms in total. The van der Waals surface area contributed by atoms with Crippen LogP contribution >= 0.6 is 11.3 Å². The van der Waals surface area contributed by atoms with Crippen LogP contribution in [-0.4, -0.2) is 27.8 Å². The van der Waals surface area contributed by atoms with E-state index in [-0.39, 0.29) is 11.9 Å². The first-order valence-electron chi connectivity index (χ1n) is 7.94. The Labute approximate surface area is 146 Å². The van der Waals surface area contributed by atoms with Crippen molar-refractivity contribution in [2.75, 3.05) is 7.05 Å². The number of nitrogens with zero attached hydrogens (tertiary/aromatic N) is 3. The number of hydrogen-bond acceptors (Lipinski definition) is 4. The van der Waals surface area contributed by atoms with Gasteiger partial charge in [-0.3, -0.25) is 9.78 Å². The standard InChI is InChI=1S/C19H21N3OS/c1-11-7-6-8-15-16(9-12(2)20-17(11)15)19(23)22(5)14(4)18-21-13(3)10-24-18/h6-10,14H,1-5H3/t14-/m1/s1. The average molecular weight is 339 g/mol. The third-order valence-electron chi connectivity index (χ3n) is 4.30. The lowest BCUT2D eigenvalue weighted by Gasteiger charge is -2.24. The summed E-state index contributed by atoms with van der Waals surface area (Å²) in [7, 11) is 1.83. The van der Waals surface area contributed by atoms with E-state index >= 15 is 0 Å². The van der Waals surface area contributed by atoms with Crippen LogP contribution in [0.25, 0.3) is 10.9 Å². The van der Waals surface area contributed by atoms with E-state index in [1.165, 1.54) is 0 Å². The third-order valence-corrected chi connectivity index (χ3v) is 5.43. The Kier molecular flexibility index (Phi) is 4.37. The van der Waals surface area contributed by atoms with Gasteiger partial charge < -0.3 is 4.90 Å². The molecule has 0 aliphatic carbocycles. The molecule has 0 fully saturated rings. The second-order valence-electron chi connectivity index (χ2n) is 6.20. The fourth-order valence-corrected chi connectivity index (χ4v) is 3.69. The summed E-state index contributed by atoms with van der Waals surface area (Å²) in [5.74, 6) is -0.00328. The predicted molar refractivity (Wildman–Crippen MR) is 98.6 cm³/mol. The molecule has 1 amide bonds. The van der Waals surface area contributed by atoms with Crippen molar-refractivity contribution in [1.29, 1.82) is 0 Å². The van der Waals surface area contributed by atoms with E-state index in [9.17, 15) is 4.79 Å². The normalized spacial score (nSPS) is 12.4. The van der Waals surface area contributed by atoms with Crippen molar-refractivity contribution in [3.05, 3.63) is 57.2 Å². The number of aryl methyl sites for hydroxylation is 3. The molecule has 0 aliphatic rings. The average Bonchev–Trinajstić information content (AvgIpc) is 2.99. The van der Waals surface area contributed by atoms with Crippen LogP contribution in [0.1, 0.15) is 45.3 Å². The molecule has 124 valence electrons. The molecule has 0 radical (unpaired) electrons. The Morgan fingerprint density at radius 1 is 1.17 bits per heavy atom. The summed E-state index contributed by atoms with van der Waals surface area (Å²) in [6.07, 6.45) is 0. The van der Waals surface area contributed by atoms with Crippen molar-refractivity contribution in [2.45, 2.75) is 33.7 Å². The van der Waals surface area contributed by atoms with E-state index in [4.69, 9.17) is 0 Å². The molecule has 0 aliphatic heterocycles. The molecule has 3 aromatic rings. The molecule has 2 heterocycles. The van der Waals surface area contributed by atoms with E-state index in [1.54, 1.807) is 16.2 Å². The molecule has 24 heavy (non-hydrogen) atoms. The lowest BCUT2D eigenvalue weighted by atomic mass is 10.0. The number of fused-ring (bicyclic) bond motifs is 1. The lowest BCUT2D eigenvalue weighted by molar-refractivity contribution is 0.0744. The number of thiazole rings is 1. The highest BCUT2D eigenvalue weighted by molar-refractivity contribution is 7.09. The first-order valence-corrected chi connectivity index (χ1v) is 8.82. The summed E-state index contributed by atoms with van der Waals surface area (Å²) in [5, 5.41) is 3.87. The van der Waals surface area contributed by atoms with Crippen LogP contribution < -0.4 is 0 Å². The van der Waals surface area contributed by atoms with Crippen LogP contribution in [0.2, 0.25) is 0 Å². The number of benzene rings is 1. The largest absolute Gasteiger partial charge is 0.332 e. The number of rotatable bonds is 3. The molecule has 3 rings (SSSR count). The third kappa shape index (κ3) is 2.91. The summed E-state index contributed by atoms with van der Waals surface area (Å²) >= 11 is 1.59. The Morgan fingerprint density at radius 2 is 1.92 bits per heavy atom. The summed E-state index contributed by atoms with van der Waals surface area (Å²) in [6, 6.07) is 7.77. The van der Waals surface area contributed by atoms with Crippen LogP contribution in [-0.2, 0) is 0 Å². The van der Waals surface area contributed by atoms with Gasteiger partial charge in [0, 0.05) is 29.2 Å². The molecule has 0 spiro atoms. The molecule has 5 heteroatoms. The van der Waals surface area contributed by atoms with Gasteiger partial charge in [-0.05, 0) is 39.3 Å². The quantitative estimate of drug-likeness (QED) is 0.708. The molecule has 0 bridgehead atoms. The highest BCUT2D eigenvalue weighted by Gasteiger charge is 2.23. The van der Waals surface area contributed by atoms with Gasteiger partial charge in [-0.25, -0.2) is 4.98 Å². The molecular formula is C19H21N3OS. The number of hydrogen-bond donors (Lipinski definition) is 0. The maximum atomic E-state index is 13.1. The fourth-order valence-electron chi connectivity index (χ4n) is 2.79. The Morgan fingerprint density at radius 3 is 2.58 bits per heavy atom. The maximum Gasteiger partial charge on any atom is 0.254 e. The van der Waals surface area contributed by atoms with Crippen LogP contribution in [0.4, 0.5) is 0 Å². The Hall–Kier alpha value is -2.27. The van der Waals surface area contributed by atoms with Gasteiger partial charge in [0.1, 0.15) is 5.01 Å². The Bertz CT molecular complexity index is 916. The second-order valence-corrected chi connectivity index (χ2v) is 7.09. The molecular weight excluding hydrogens is 318 g/mol. The van der Waals surface area contributed by atoms with Gasteiger partial charge in [0.05, 0.1) is 17.1 Å². The van der Waals surface area contributed by atoms with E-state index in [1.807, 2.05) is 64.4 Å². The zero-order valence-corrected chi connectivity index (χ0v) is 15.4. The number of amides is 1. The number of aromatic nitrogens is 2. The van der Waals surface area contributed by atoms with Crippen molar-refractivity contribution in [3.63, 3.8) is 0 Å². The minimum Gasteiger partial charge on any atom is -0.332 e. The minimum absolute atomic E-state index is 0.00328. The number of carbonyl (C=O) groups is 1. The molecule has 1 aromatic carbocycles. The Balaban J connectivity index is 2.03. The van der Waals surface area contributed by atoms with Crippen molar-refractivity contribution < 1.29 is 4.79 Å². The molecule has 2 aromatic heterocycles. The minimum atomic E-state index is -0.0652. The maximum absolute atomic E-state index is 13.1. The summed E-state index contributed by atoms with van der Waals surface area (Å²) < 4.78 is 0. The van der Waals surface area contributed by atoms with Crippen molar-refractivity contribution >= 4 is 28.1 Å². The van der Waals surface area contributed by atoms with Gasteiger partial charge in [0.15, 0.2) is 0 Å². The van der Waals surface area contributed by atoms with E-state index in [2.05, 4.69) is 9.97 Å². The van der Waals surface area contributed by atoms with Crippen LogP contribution in [0.15, 0.2) is 29.6 Å². The summed E-state index contributed by atoms with van der Waals surface area (Å²) in [4.78, 5) is 24.0. The second kappa shape index (κ2) is 6.32. The first kappa shape index (κ1) is 16.6. The van der Waals surface area contributed by atoms with Crippen molar-refractivity contribution in [3.8, 4) is 0 Å². The summed E-state index contributed by atoms with van der Waals surface area (Å²) in [5.41, 5.74) is 4.52. The molecule has 1 atom stereocenters. The summed E-state index contributed by atoms with van der Waals surface area (Å²) in [6.45, 7) is 7.93. The van der Waals surface area contributed by atoms with Gasteiger partial charge in [-0.1, -0.05) is 18.2 Å². The molecule has 0 N–H and O–H groups in total. The van der Waals surface area contributed by atoms with Crippen molar-refractivity contribution in [2.24, 2.45) is 0 Å². The molecule has 0 unspecified atom stereocenters. The lowest BCUT2D eigenvalue weighted by Crippen LogP contribution is -2.30. The number of carbonyl (C=O) groups excluding carboxylic acids is 1. The highest BCUT2D eigenvalue weighted by atomic mass is 32.1. The molecule has 0 saturated heterocycles. The highest BCUT2D eigenvalue weighted by Crippen LogP contribution is 2.27. The van der Waals surface area contributed by atoms with Crippen LogP contribution in [0.3, 0.4) is 0 Å². The van der Waals surface area contributed by atoms with Gasteiger partial charge in [-0.15, -0.1) is 11.3 Å². The van der Waals surface area contributed by atoms with Gasteiger partial charge in [-0.2, -0.15) is 0 Å². The number of pyridine rings is 1. The van der Waals surface area contributed by atoms with E-state index < -0.39 is 0 Å². The fraction of sp³-hybridized carbons (Fsp3) is 0.316. The monoisotopic (exact) mass is 339 g/mol. The molecule has 0 saturated carbocycles. The van der Waals surface area contributed by atoms with Gasteiger partial charge >= 0.3 is 0 Å². The van der Waals surface area contributed by atoms with Crippen LogP contribution in [0.5, 0.6) is 0 Å². The van der Waals surface area contributed by atoms with E-state index in [0.29, 0.717) is 5.56 Å². The topological polar surface area (TPSA) is 46.1 Å². The van der Waals surface area contributed by atoms with Gasteiger partial charge in [0.25, 0.3) is 5.91 Å². The van der Waals surface area contributed by atoms with Crippen molar-refractivity contribution in [1.82, 2.24) is 14.9 Å². The number of para-hydroxylation sites is 1. The first-order chi connectivity index (χ1) is 11.4. The smallest absolute Gasteiger partial charge is 0.254 e. The zero-order valence-electron chi connectivity index (χ0n) is 14.6. The van der Waals surface area contributed by atoms with Gasteiger partial charge in [0.2, 0.25) is 0 Å². The zero-order chi connectivity index (χ0) is 17.4. The predicted octanol–water partition coefficient (Wildman–Crippen LogP) is 4.45.